The molecule has 0 radical (unpaired) electrons. The van der Waals surface area contributed by atoms with E-state index in [9.17, 15) is 13.6 Å². The van der Waals surface area contributed by atoms with Gasteiger partial charge in [0.05, 0.1) is 5.56 Å². The highest BCUT2D eigenvalue weighted by molar-refractivity contribution is 5.94. The molecule has 2 aromatic rings. The molecule has 5 nitrogen and oxygen atoms in total. The second-order valence-corrected chi connectivity index (χ2v) is 6.35. The number of nitrogens with zero attached hydrogens (tertiary/aromatic N) is 2. The normalized spacial score (nSPS) is 20.3. The lowest BCUT2D eigenvalue weighted by Gasteiger charge is -2.14. The Hall–Kier alpha value is -2.31. The molecule has 0 spiro atoms. The van der Waals surface area contributed by atoms with Gasteiger partial charge in [-0.25, -0.2) is 8.78 Å². The van der Waals surface area contributed by atoms with Gasteiger partial charge >= 0.3 is 0 Å². The number of hydrogen-bond donors (Lipinski definition) is 1. The predicted octanol–water partition coefficient (Wildman–Crippen LogP) is 3.11. The summed E-state index contributed by atoms with van der Waals surface area (Å²) in [5.74, 6) is -0.518. The number of amides is 1. The first kappa shape index (κ1) is 16.5. The molecule has 1 aliphatic carbocycles. The van der Waals surface area contributed by atoms with E-state index < -0.39 is 17.5 Å². The van der Waals surface area contributed by atoms with E-state index in [1.165, 1.54) is 13.0 Å². The summed E-state index contributed by atoms with van der Waals surface area (Å²) >= 11 is 0. The molecule has 0 unspecified atom stereocenters. The Morgan fingerprint density at radius 1 is 1.25 bits per heavy atom. The van der Waals surface area contributed by atoms with Gasteiger partial charge < -0.3 is 9.73 Å². The van der Waals surface area contributed by atoms with Crippen LogP contribution in [-0.2, 0) is 6.42 Å². The van der Waals surface area contributed by atoms with E-state index in [-0.39, 0.29) is 17.2 Å². The number of carbonyl (C=O) groups is 1. The van der Waals surface area contributed by atoms with Crippen molar-refractivity contribution in [2.24, 2.45) is 5.92 Å². The largest absolute Gasteiger partial charge is 0.426 e. The topological polar surface area (TPSA) is 68.0 Å². The quantitative estimate of drug-likeness (QED) is 0.932. The first-order chi connectivity index (χ1) is 11.4. The molecule has 1 aromatic heterocycles. The van der Waals surface area contributed by atoms with Crippen LogP contribution in [0.1, 0.15) is 47.0 Å². The van der Waals surface area contributed by atoms with Crippen molar-refractivity contribution in [3.8, 4) is 0 Å². The van der Waals surface area contributed by atoms with E-state index in [4.69, 9.17) is 4.42 Å². The molecule has 1 amide bonds. The average molecular weight is 335 g/mol. The Kier molecular flexibility index (Phi) is 4.59. The van der Waals surface area contributed by atoms with Gasteiger partial charge in [0.2, 0.25) is 11.8 Å². The zero-order chi connectivity index (χ0) is 17.3. The smallest absolute Gasteiger partial charge is 0.254 e. The fourth-order valence-corrected chi connectivity index (χ4v) is 3.15. The average Bonchev–Trinajstić information content (AvgIpc) is 3.12. The minimum Gasteiger partial charge on any atom is -0.426 e. The molecule has 1 heterocycles. The molecule has 7 heteroatoms. The molecular formula is C17H19F2N3O2. The van der Waals surface area contributed by atoms with E-state index >= 15 is 0 Å². The molecule has 0 aliphatic heterocycles. The molecule has 0 bridgehead atoms. The molecule has 0 saturated heterocycles. The maximum Gasteiger partial charge on any atom is 0.254 e. The minimum absolute atomic E-state index is 0.0312. The second kappa shape index (κ2) is 6.67. The lowest BCUT2D eigenvalue weighted by molar-refractivity contribution is 0.0933. The molecule has 3 rings (SSSR count). The SMILES string of the molecule is Cc1nnc(C[C@@H]2CC[C@H](NC(=O)c3cc(C)c(F)cc3F)C2)o1. The van der Waals surface area contributed by atoms with Crippen molar-refractivity contribution in [1.82, 2.24) is 15.5 Å². The van der Waals surface area contributed by atoms with Crippen LogP contribution in [0.15, 0.2) is 16.5 Å². The number of benzene rings is 1. The van der Waals surface area contributed by atoms with Gasteiger partial charge in [0, 0.05) is 25.5 Å². The van der Waals surface area contributed by atoms with Gasteiger partial charge in [0.1, 0.15) is 11.6 Å². The predicted molar refractivity (Wildman–Crippen MR) is 82.4 cm³/mol. The highest BCUT2D eigenvalue weighted by atomic mass is 19.1. The number of rotatable bonds is 4. The summed E-state index contributed by atoms with van der Waals surface area (Å²) in [6, 6.07) is 1.96. The summed E-state index contributed by atoms with van der Waals surface area (Å²) < 4.78 is 32.5. The van der Waals surface area contributed by atoms with Crippen molar-refractivity contribution in [2.45, 2.75) is 45.6 Å². The summed E-state index contributed by atoms with van der Waals surface area (Å²) in [4.78, 5) is 12.2. The fourth-order valence-electron chi connectivity index (χ4n) is 3.15. The lowest BCUT2D eigenvalue weighted by Crippen LogP contribution is -2.33. The van der Waals surface area contributed by atoms with Crippen LogP contribution in [-0.4, -0.2) is 22.1 Å². The van der Waals surface area contributed by atoms with Gasteiger partial charge in [-0.05, 0) is 43.7 Å². The summed E-state index contributed by atoms with van der Waals surface area (Å²) in [5, 5.41) is 10.6. The molecule has 1 saturated carbocycles. The Balaban J connectivity index is 1.59. The summed E-state index contributed by atoms with van der Waals surface area (Å²) in [6.07, 6.45) is 3.19. The van der Waals surface area contributed by atoms with E-state index in [2.05, 4.69) is 15.5 Å². The van der Waals surface area contributed by atoms with Crippen LogP contribution < -0.4 is 5.32 Å². The zero-order valence-corrected chi connectivity index (χ0v) is 13.6. The van der Waals surface area contributed by atoms with E-state index in [0.717, 1.165) is 25.3 Å². The maximum absolute atomic E-state index is 13.8. The molecule has 128 valence electrons. The Morgan fingerprint density at radius 3 is 2.75 bits per heavy atom. The zero-order valence-electron chi connectivity index (χ0n) is 13.6. The van der Waals surface area contributed by atoms with Crippen molar-refractivity contribution in [3.63, 3.8) is 0 Å². The lowest BCUT2D eigenvalue weighted by atomic mass is 10.0. The van der Waals surface area contributed by atoms with Crippen LogP contribution in [0.5, 0.6) is 0 Å². The highest BCUT2D eigenvalue weighted by Gasteiger charge is 2.28. The van der Waals surface area contributed by atoms with Gasteiger partial charge in [-0.3, -0.25) is 4.79 Å². The minimum atomic E-state index is -0.841. The van der Waals surface area contributed by atoms with Crippen LogP contribution in [0, 0.1) is 31.4 Å². The van der Waals surface area contributed by atoms with E-state index in [1.54, 1.807) is 6.92 Å². The fraction of sp³-hybridized carbons (Fsp3) is 0.471. The number of hydrogen-bond acceptors (Lipinski definition) is 4. The summed E-state index contributed by atoms with van der Waals surface area (Å²) in [6.45, 7) is 3.25. The summed E-state index contributed by atoms with van der Waals surface area (Å²) in [5.41, 5.74) is 0.127. The third kappa shape index (κ3) is 3.60. The second-order valence-electron chi connectivity index (χ2n) is 6.35. The van der Waals surface area contributed by atoms with Crippen molar-refractivity contribution in [2.75, 3.05) is 0 Å². The van der Waals surface area contributed by atoms with Crippen LogP contribution in [0.2, 0.25) is 0 Å². The maximum atomic E-state index is 13.8. The van der Waals surface area contributed by atoms with Gasteiger partial charge in [0.15, 0.2) is 0 Å². The van der Waals surface area contributed by atoms with Crippen LogP contribution >= 0.6 is 0 Å². The van der Waals surface area contributed by atoms with Gasteiger partial charge in [0.25, 0.3) is 5.91 Å². The van der Waals surface area contributed by atoms with E-state index in [1.807, 2.05) is 0 Å². The van der Waals surface area contributed by atoms with Gasteiger partial charge in [-0.2, -0.15) is 0 Å². The Bertz CT molecular complexity index is 760. The first-order valence-corrected chi connectivity index (χ1v) is 7.98. The van der Waals surface area contributed by atoms with Crippen LogP contribution in [0.4, 0.5) is 8.78 Å². The van der Waals surface area contributed by atoms with Crippen LogP contribution in [0.3, 0.4) is 0 Å². The molecule has 1 fully saturated rings. The monoisotopic (exact) mass is 335 g/mol. The molecule has 24 heavy (non-hydrogen) atoms. The van der Waals surface area contributed by atoms with Crippen molar-refractivity contribution in [3.05, 3.63) is 46.7 Å². The standard InChI is InChI=1S/C17H19F2N3O2/c1-9-5-13(15(19)8-14(9)18)17(23)20-12-4-3-11(6-12)7-16-22-21-10(2)24-16/h5,8,11-12H,3-4,6-7H2,1-2H3,(H,20,23)/t11-,12+/m1/s1. The first-order valence-electron chi connectivity index (χ1n) is 7.98. The molecule has 2 atom stereocenters. The number of nitrogens with one attached hydrogen (secondary N) is 1. The van der Waals surface area contributed by atoms with Crippen molar-refractivity contribution < 1.29 is 18.0 Å². The number of halogens is 2. The number of carbonyl (C=O) groups excluding carboxylic acids is 1. The number of aromatic nitrogens is 2. The molecule has 1 N–H and O–H groups in total. The third-order valence-corrected chi connectivity index (χ3v) is 4.40. The summed E-state index contributed by atoms with van der Waals surface area (Å²) in [7, 11) is 0. The van der Waals surface area contributed by atoms with E-state index in [0.29, 0.717) is 24.1 Å². The Labute approximate surface area is 138 Å². The van der Waals surface area contributed by atoms with Gasteiger partial charge in [-0.15, -0.1) is 10.2 Å². The third-order valence-electron chi connectivity index (χ3n) is 4.40. The Morgan fingerprint density at radius 2 is 2.04 bits per heavy atom. The molecular weight excluding hydrogens is 316 g/mol. The van der Waals surface area contributed by atoms with Gasteiger partial charge in [-0.1, -0.05) is 0 Å². The highest BCUT2D eigenvalue weighted by Crippen LogP contribution is 2.28. The van der Waals surface area contributed by atoms with Crippen molar-refractivity contribution in [1.29, 1.82) is 0 Å². The van der Waals surface area contributed by atoms with Crippen molar-refractivity contribution >= 4 is 5.91 Å². The molecule has 1 aliphatic rings. The number of aryl methyl sites for hydroxylation is 2. The van der Waals surface area contributed by atoms with Crippen LogP contribution in [0.25, 0.3) is 0 Å². The molecule has 1 aromatic carbocycles.